The number of aromatic nitrogens is 1. The van der Waals surface area contributed by atoms with E-state index >= 15 is 0 Å². The summed E-state index contributed by atoms with van der Waals surface area (Å²) in [5.74, 6) is 2.23. The molecule has 0 aliphatic carbocycles. The van der Waals surface area contributed by atoms with Crippen molar-refractivity contribution in [2.75, 3.05) is 34.4 Å². The maximum absolute atomic E-state index is 13.3. The molecule has 6 nitrogen and oxygen atoms in total. The molecule has 164 valence electrons. The van der Waals surface area contributed by atoms with Crippen LogP contribution in [0.2, 0.25) is 0 Å². The Morgan fingerprint density at radius 1 is 1.06 bits per heavy atom. The molecule has 1 aliphatic rings. The number of amides is 1. The molecule has 1 N–H and O–H groups in total. The first kappa shape index (κ1) is 21.1. The molecule has 0 saturated carbocycles. The van der Waals surface area contributed by atoms with Gasteiger partial charge >= 0.3 is 0 Å². The second-order valence-electron chi connectivity index (χ2n) is 8.24. The van der Waals surface area contributed by atoms with Crippen LogP contribution in [-0.2, 0) is 6.42 Å². The van der Waals surface area contributed by atoms with E-state index in [1.807, 2.05) is 11.0 Å². The standard InChI is InChI=1S/C25H30N2O4/c1-16-7-9-17(10-8-16)12-18-6-5-11-27(15-18)25(28)20-13-19-21(29-2)14-22(30-3)24(31-4)23(19)26-20/h7-10,13-14,18,26H,5-6,11-12,15H2,1-4H3. The van der Waals surface area contributed by atoms with Crippen LogP contribution in [0, 0.1) is 12.8 Å². The number of hydrogen-bond acceptors (Lipinski definition) is 4. The van der Waals surface area contributed by atoms with Crippen molar-refractivity contribution in [2.24, 2.45) is 5.92 Å². The van der Waals surface area contributed by atoms with E-state index in [4.69, 9.17) is 14.2 Å². The smallest absolute Gasteiger partial charge is 0.270 e. The number of likely N-dealkylation sites (tertiary alicyclic amines) is 1. The van der Waals surface area contributed by atoms with Gasteiger partial charge in [-0.2, -0.15) is 0 Å². The summed E-state index contributed by atoms with van der Waals surface area (Å²) in [6.45, 7) is 3.64. The van der Waals surface area contributed by atoms with Crippen molar-refractivity contribution >= 4 is 16.8 Å². The van der Waals surface area contributed by atoms with Crippen LogP contribution in [0.15, 0.2) is 36.4 Å². The Kier molecular flexibility index (Phi) is 6.07. The lowest BCUT2D eigenvalue weighted by Gasteiger charge is -2.32. The zero-order valence-electron chi connectivity index (χ0n) is 18.7. The second-order valence-corrected chi connectivity index (χ2v) is 8.24. The number of nitrogens with zero attached hydrogens (tertiary/aromatic N) is 1. The quantitative estimate of drug-likeness (QED) is 0.631. The molecular weight excluding hydrogens is 392 g/mol. The van der Waals surface area contributed by atoms with E-state index < -0.39 is 0 Å². The van der Waals surface area contributed by atoms with E-state index in [-0.39, 0.29) is 5.91 Å². The SMILES string of the molecule is COc1cc(OC)c2cc(C(=O)N3CCCC(Cc4ccc(C)cc4)C3)[nH]c2c1OC. The normalized spacial score (nSPS) is 16.4. The number of H-pyrrole nitrogens is 1. The van der Waals surface area contributed by atoms with Gasteiger partial charge in [-0.1, -0.05) is 29.8 Å². The summed E-state index contributed by atoms with van der Waals surface area (Å²) in [5, 5.41) is 0.803. The first-order valence-corrected chi connectivity index (χ1v) is 10.7. The van der Waals surface area contributed by atoms with Crippen LogP contribution in [0.1, 0.15) is 34.5 Å². The van der Waals surface area contributed by atoms with Gasteiger partial charge in [-0.3, -0.25) is 4.79 Å². The Hall–Kier alpha value is -3.15. The van der Waals surface area contributed by atoms with Crippen molar-refractivity contribution in [3.05, 3.63) is 53.2 Å². The fourth-order valence-electron chi connectivity index (χ4n) is 4.50. The molecular formula is C25H30N2O4. The highest BCUT2D eigenvalue weighted by Crippen LogP contribution is 2.41. The molecule has 1 atom stereocenters. The summed E-state index contributed by atoms with van der Waals surface area (Å²) in [5.41, 5.74) is 3.84. The van der Waals surface area contributed by atoms with Crippen molar-refractivity contribution in [2.45, 2.75) is 26.2 Å². The maximum atomic E-state index is 13.3. The number of carbonyl (C=O) groups is 1. The van der Waals surface area contributed by atoms with Crippen molar-refractivity contribution < 1.29 is 19.0 Å². The molecule has 0 radical (unpaired) electrons. The van der Waals surface area contributed by atoms with E-state index in [9.17, 15) is 4.79 Å². The summed E-state index contributed by atoms with van der Waals surface area (Å²) >= 11 is 0. The van der Waals surface area contributed by atoms with Crippen LogP contribution in [-0.4, -0.2) is 50.2 Å². The Morgan fingerprint density at radius 3 is 2.48 bits per heavy atom. The topological polar surface area (TPSA) is 63.8 Å². The number of carbonyl (C=O) groups excluding carboxylic acids is 1. The molecule has 0 spiro atoms. The molecule has 1 unspecified atom stereocenters. The third-order valence-electron chi connectivity index (χ3n) is 6.12. The third-order valence-corrected chi connectivity index (χ3v) is 6.12. The first-order chi connectivity index (χ1) is 15.0. The van der Waals surface area contributed by atoms with Crippen LogP contribution >= 0.6 is 0 Å². The predicted molar refractivity (Wildman–Crippen MR) is 121 cm³/mol. The third kappa shape index (κ3) is 4.20. The summed E-state index contributed by atoms with van der Waals surface area (Å²) in [4.78, 5) is 18.6. The summed E-state index contributed by atoms with van der Waals surface area (Å²) in [6, 6.07) is 12.3. The Labute approximate surface area is 183 Å². The Balaban J connectivity index is 1.57. The number of benzene rings is 2. The monoisotopic (exact) mass is 422 g/mol. The fourth-order valence-corrected chi connectivity index (χ4v) is 4.50. The van der Waals surface area contributed by atoms with Gasteiger partial charge in [0, 0.05) is 24.5 Å². The molecule has 4 rings (SSSR count). The van der Waals surface area contributed by atoms with E-state index in [0.29, 0.717) is 34.4 Å². The number of nitrogens with one attached hydrogen (secondary N) is 1. The predicted octanol–water partition coefficient (Wildman–Crippen LogP) is 4.60. The minimum Gasteiger partial charge on any atom is -0.496 e. The fraction of sp³-hybridized carbons (Fsp3) is 0.400. The number of aromatic amines is 1. The summed E-state index contributed by atoms with van der Waals surface area (Å²) in [6.07, 6.45) is 3.15. The van der Waals surface area contributed by atoms with Gasteiger partial charge in [0.05, 0.1) is 26.8 Å². The van der Waals surface area contributed by atoms with Gasteiger partial charge in [-0.25, -0.2) is 0 Å². The molecule has 1 saturated heterocycles. The largest absolute Gasteiger partial charge is 0.496 e. The van der Waals surface area contributed by atoms with Gasteiger partial charge in [-0.05, 0) is 43.7 Å². The van der Waals surface area contributed by atoms with Crippen molar-refractivity contribution in [1.29, 1.82) is 0 Å². The van der Waals surface area contributed by atoms with Crippen molar-refractivity contribution in [1.82, 2.24) is 9.88 Å². The number of ether oxygens (including phenoxy) is 3. The molecule has 1 aliphatic heterocycles. The van der Waals surface area contributed by atoms with Crippen LogP contribution in [0.4, 0.5) is 0 Å². The van der Waals surface area contributed by atoms with Crippen LogP contribution in [0.5, 0.6) is 17.2 Å². The van der Waals surface area contributed by atoms with E-state index in [1.165, 1.54) is 11.1 Å². The molecule has 1 fully saturated rings. The van der Waals surface area contributed by atoms with Gasteiger partial charge in [0.1, 0.15) is 11.4 Å². The van der Waals surface area contributed by atoms with Gasteiger partial charge < -0.3 is 24.1 Å². The van der Waals surface area contributed by atoms with Crippen LogP contribution < -0.4 is 14.2 Å². The van der Waals surface area contributed by atoms with Gasteiger partial charge in [0.15, 0.2) is 11.5 Å². The lowest BCUT2D eigenvalue weighted by atomic mass is 9.91. The number of piperidine rings is 1. The molecule has 31 heavy (non-hydrogen) atoms. The maximum Gasteiger partial charge on any atom is 0.270 e. The lowest BCUT2D eigenvalue weighted by molar-refractivity contribution is 0.0668. The Morgan fingerprint density at radius 2 is 1.81 bits per heavy atom. The van der Waals surface area contributed by atoms with E-state index in [2.05, 4.69) is 36.2 Å². The summed E-state index contributed by atoms with van der Waals surface area (Å²) < 4.78 is 16.5. The zero-order chi connectivity index (χ0) is 22.0. The van der Waals surface area contributed by atoms with Gasteiger partial charge in [0.2, 0.25) is 0 Å². The van der Waals surface area contributed by atoms with E-state index in [1.54, 1.807) is 27.4 Å². The minimum absolute atomic E-state index is 0.00730. The summed E-state index contributed by atoms with van der Waals surface area (Å²) in [7, 11) is 4.78. The molecule has 2 aromatic carbocycles. The highest BCUT2D eigenvalue weighted by atomic mass is 16.5. The van der Waals surface area contributed by atoms with Crippen molar-refractivity contribution in [3.8, 4) is 17.2 Å². The molecule has 3 aromatic rings. The van der Waals surface area contributed by atoms with Crippen molar-refractivity contribution in [3.63, 3.8) is 0 Å². The second kappa shape index (κ2) is 8.92. The lowest BCUT2D eigenvalue weighted by Crippen LogP contribution is -2.40. The molecule has 1 aromatic heterocycles. The number of fused-ring (bicyclic) bond motifs is 1. The average Bonchev–Trinajstić information content (AvgIpc) is 3.24. The first-order valence-electron chi connectivity index (χ1n) is 10.7. The number of aryl methyl sites for hydroxylation is 1. The van der Waals surface area contributed by atoms with E-state index in [0.717, 1.165) is 37.7 Å². The highest BCUT2D eigenvalue weighted by Gasteiger charge is 2.27. The van der Waals surface area contributed by atoms with Gasteiger partial charge in [-0.15, -0.1) is 0 Å². The van der Waals surface area contributed by atoms with Crippen LogP contribution in [0.3, 0.4) is 0 Å². The minimum atomic E-state index is 0.00730. The van der Waals surface area contributed by atoms with Gasteiger partial charge in [0.25, 0.3) is 5.91 Å². The zero-order valence-corrected chi connectivity index (χ0v) is 18.7. The van der Waals surface area contributed by atoms with Crippen LogP contribution in [0.25, 0.3) is 10.9 Å². The average molecular weight is 423 g/mol. The highest BCUT2D eigenvalue weighted by molar-refractivity contribution is 6.02. The number of methoxy groups -OCH3 is 3. The molecule has 1 amide bonds. The number of rotatable bonds is 6. The molecule has 2 heterocycles. The number of hydrogen-bond donors (Lipinski definition) is 1. The molecule has 6 heteroatoms. The molecule has 0 bridgehead atoms. The Bertz CT molecular complexity index is 1070.